The first-order valence-corrected chi connectivity index (χ1v) is 10.2. The van der Waals surface area contributed by atoms with Crippen LogP contribution >= 0.6 is 11.8 Å². The highest BCUT2D eigenvalue weighted by Crippen LogP contribution is 2.36. The average Bonchev–Trinajstić information content (AvgIpc) is 3.16. The van der Waals surface area contributed by atoms with E-state index in [-0.39, 0.29) is 5.91 Å². The molecule has 0 aliphatic carbocycles. The molecule has 4 rings (SSSR count). The second-order valence-corrected chi connectivity index (χ2v) is 7.18. The summed E-state index contributed by atoms with van der Waals surface area (Å²) >= 11 is 1.45. The number of carbonyl (C=O) groups excluding carboxylic acids is 1. The fraction of sp³-hybridized carbons (Fsp3) is 0.200. The van der Waals surface area contributed by atoms with Gasteiger partial charge in [-0.2, -0.15) is 4.98 Å². The second kappa shape index (κ2) is 7.96. The molecule has 1 amide bonds. The average molecular weight is 408 g/mol. The highest BCUT2D eigenvalue weighted by Gasteiger charge is 2.34. The molecule has 0 bridgehead atoms. The number of aromatic nitrogens is 4. The van der Waals surface area contributed by atoms with E-state index < -0.39 is 6.04 Å². The molecular formula is C20H20N6O2S. The number of carbonyl (C=O) groups is 1. The number of hydrogen-bond acceptors (Lipinski definition) is 7. The molecule has 1 unspecified atom stereocenters. The molecule has 3 aromatic rings. The van der Waals surface area contributed by atoms with Gasteiger partial charge in [0, 0.05) is 23.8 Å². The normalized spacial score (nSPS) is 15.5. The first kappa shape index (κ1) is 19.0. The number of pyridine rings is 1. The van der Waals surface area contributed by atoms with Crippen molar-refractivity contribution in [1.29, 1.82) is 0 Å². The van der Waals surface area contributed by atoms with Crippen LogP contribution in [0.1, 0.15) is 18.5 Å². The van der Waals surface area contributed by atoms with Crippen LogP contribution in [-0.2, 0) is 4.79 Å². The van der Waals surface area contributed by atoms with Gasteiger partial charge in [0.25, 0.3) is 5.91 Å². The number of methoxy groups -OCH3 is 1. The smallest absolute Gasteiger partial charge is 0.255 e. The number of nitrogens with one attached hydrogen (secondary N) is 2. The maximum atomic E-state index is 13.3. The largest absolute Gasteiger partial charge is 0.497 e. The number of nitrogens with zero attached hydrogens (tertiary/aromatic N) is 4. The third kappa shape index (κ3) is 3.68. The van der Waals surface area contributed by atoms with E-state index in [1.165, 1.54) is 11.8 Å². The molecule has 9 heteroatoms. The van der Waals surface area contributed by atoms with E-state index in [4.69, 9.17) is 4.74 Å². The van der Waals surface area contributed by atoms with Gasteiger partial charge >= 0.3 is 0 Å². The predicted octanol–water partition coefficient (Wildman–Crippen LogP) is 3.33. The summed E-state index contributed by atoms with van der Waals surface area (Å²) in [5.74, 6) is 1.10. The maximum absolute atomic E-state index is 13.3. The van der Waals surface area contributed by atoms with Gasteiger partial charge in [0.2, 0.25) is 11.1 Å². The summed E-state index contributed by atoms with van der Waals surface area (Å²) in [6.45, 7) is 1.86. The van der Waals surface area contributed by atoms with Gasteiger partial charge in [0.1, 0.15) is 11.8 Å². The van der Waals surface area contributed by atoms with Crippen molar-refractivity contribution in [2.75, 3.05) is 24.0 Å². The Bertz CT molecular complexity index is 1060. The summed E-state index contributed by atoms with van der Waals surface area (Å²) in [4.78, 5) is 22.0. The number of ether oxygens (including phenoxy) is 1. The fourth-order valence-corrected chi connectivity index (χ4v) is 3.58. The van der Waals surface area contributed by atoms with Crippen LogP contribution in [-0.4, -0.2) is 39.0 Å². The van der Waals surface area contributed by atoms with Crippen LogP contribution in [0.4, 0.5) is 11.6 Å². The Hall–Kier alpha value is -3.33. The van der Waals surface area contributed by atoms with Crippen molar-refractivity contribution in [3.05, 3.63) is 65.6 Å². The Morgan fingerprint density at radius 3 is 2.72 bits per heavy atom. The van der Waals surface area contributed by atoms with E-state index in [0.29, 0.717) is 22.4 Å². The lowest BCUT2D eigenvalue weighted by atomic mass is 9.96. The number of amides is 1. The number of allylic oxidation sites excluding steroid dienone is 1. The Labute approximate surface area is 172 Å². The van der Waals surface area contributed by atoms with Crippen LogP contribution < -0.4 is 15.4 Å². The van der Waals surface area contributed by atoms with E-state index in [2.05, 4.69) is 25.7 Å². The first-order chi connectivity index (χ1) is 14.1. The molecular weight excluding hydrogens is 388 g/mol. The van der Waals surface area contributed by atoms with E-state index in [1.54, 1.807) is 48.5 Å². The lowest BCUT2D eigenvalue weighted by Gasteiger charge is -2.28. The Balaban J connectivity index is 1.73. The molecule has 2 aromatic heterocycles. The third-order valence-electron chi connectivity index (χ3n) is 4.61. The molecule has 1 atom stereocenters. The Morgan fingerprint density at radius 1 is 1.28 bits per heavy atom. The third-order valence-corrected chi connectivity index (χ3v) is 5.15. The van der Waals surface area contributed by atoms with Crippen molar-refractivity contribution >= 4 is 29.3 Å². The van der Waals surface area contributed by atoms with Crippen molar-refractivity contribution in [3.63, 3.8) is 0 Å². The van der Waals surface area contributed by atoms with Gasteiger partial charge in [-0.3, -0.25) is 9.78 Å². The van der Waals surface area contributed by atoms with Gasteiger partial charge < -0.3 is 15.4 Å². The molecule has 1 aliphatic rings. The lowest BCUT2D eigenvalue weighted by molar-refractivity contribution is -0.113. The van der Waals surface area contributed by atoms with E-state index in [9.17, 15) is 4.79 Å². The van der Waals surface area contributed by atoms with Crippen molar-refractivity contribution in [1.82, 2.24) is 19.7 Å². The summed E-state index contributed by atoms with van der Waals surface area (Å²) < 4.78 is 6.91. The number of rotatable bonds is 5. The molecule has 8 nitrogen and oxygen atoms in total. The van der Waals surface area contributed by atoms with E-state index in [1.807, 2.05) is 25.3 Å². The molecule has 0 fully saturated rings. The summed E-state index contributed by atoms with van der Waals surface area (Å²) in [7, 11) is 1.60. The Morgan fingerprint density at radius 2 is 2.07 bits per heavy atom. The van der Waals surface area contributed by atoms with Crippen LogP contribution in [0.15, 0.2) is 65.2 Å². The van der Waals surface area contributed by atoms with Crippen LogP contribution in [0.3, 0.4) is 0 Å². The summed E-state index contributed by atoms with van der Waals surface area (Å²) in [5.41, 5.74) is 2.80. The SMILES string of the molecule is COc1ccc(NC(=O)C2=C(C)Nc3nc(SC)nn3C2c2cccnc2)cc1. The Kier molecular flexibility index (Phi) is 5.22. The highest BCUT2D eigenvalue weighted by molar-refractivity contribution is 7.98. The van der Waals surface area contributed by atoms with Crippen molar-refractivity contribution < 1.29 is 9.53 Å². The molecule has 29 heavy (non-hydrogen) atoms. The minimum absolute atomic E-state index is 0.221. The number of hydrogen-bond donors (Lipinski definition) is 2. The minimum atomic E-state index is -0.438. The zero-order valence-corrected chi connectivity index (χ0v) is 17.0. The molecule has 148 valence electrons. The topological polar surface area (TPSA) is 94.0 Å². The summed E-state index contributed by atoms with van der Waals surface area (Å²) in [5, 5.41) is 11.4. The monoisotopic (exact) mass is 408 g/mol. The standard InChI is InChI=1S/C20H20N6O2S/c1-12-16(18(27)23-14-6-8-15(28-2)9-7-14)17(13-5-4-10-21-11-13)26-19(22-12)24-20(25-26)29-3/h4-11,17H,1-3H3,(H,23,27)(H,22,24,25). The lowest BCUT2D eigenvalue weighted by Crippen LogP contribution is -2.31. The van der Waals surface area contributed by atoms with Gasteiger partial charge in [-0.25, -0.2) is 4.68 Å². The van der Waals surface area contributed by atoms with Crippen molar-refractivity contribution in [3.8, 4) is 5.75 Å². The molecule has 0 saturated heterocycles. The number of fused-ring (bicyclic) bond motifs is 1. The van der Waals surface area contributed by atoms with Crippen LogP contribution in [0.5, 0.6) is 5.75 Å². The molecule has 3 heterocycles. The number of anilines is 2. The van der Waals surface area contributed by atoms with Crippen LogP contribution in [0.2, 0.25) is 0 Å². The van der Waals surface area contributed by atoms with Gasteiger partial charge in [0.05, 0.1) is 12.7 Å². The van der Waals surface area contributed by atoms with Crippen LogP contribution in [0, 0.1) is 0 Å². The highest BCUT2D eigenvalue weighted by atomic mass is 32.2. The summed E-state index contributed by atoms with van der Waals surface area (Å²) in [6, 6.07) is 10.5. The zero-order valence-electron chi connectivity index (χ0n) is 16.2. The van der Waals surface area contributed by atoms with Crippen molar-refractivity contribution in [2.24, 2.45) is 0 Å². The zero-order chi connectivity index (χ0) is 20.4. The second-order valence-electron chi connectivity index (χ2n) is 6.40. The van der Waals surface area contributed by atoms with Gasteiger partial charge in [-0.1, -0.05) is 17.8 Å². The summed E-state index contributed by atoms with van der Waals surface area (Å²) in [6.07, 6.45) is 5.36. The van der Waals surface area contributed by atoms with Gasteiger partial charge in [-0.05, 0) is 49.1 Å². The van der Waals surface area contributed by atoms with Crippen LogP contribution in [0.25, 0.3) is 0 Å². The van der Waals surface area contributed by atoms with Gasteiger partial charge in [-0.15, -0.1) is 5.10 Å². The molecule has 1 aliphatic heterocycles. The first-order valence-electron chi connectivity index (χ1n) is 8.94. The predicted molar refractivity (Wildman–Crippen MR) is 112 cm³/mol. The maximum Gasteiger partial charge on any atom is 0.255 e. The number of benzene rings is 1. The van der Waals surface area contributed by atoms with E-state index >= 15 is 0 Å². The van der Waals surface area contributed by atoms with Gasteiger partial charge in [0.15, 0.2) is 0 Å². The number of thioether (sulfide) groups is 1. The fourth-order valence-electron chi connectivity index (χ4n) is 3.23. The van der Waals surface area contributed by atoms with E-state index in [0.717, 1.165) is 17.0 Å². The van der Waals surface area contributed by atoms with Crippen molar-refractivity contribution in [2.45, 2.75) is 18.1 Å². The molecule has 0 spiro atoms. The molecule has 0 radical (unpaired) electrons. The minimum Gasteiger partial charge on any atom is -0.497 e. The quantitative estimate of drug-likeness (QED) is 0.626. The molecule has 2 N–H and O–H groups in total. The molecule has 1 aromatic carbocycles. The molecule has 0 saturated carbocycles.